The molecule has 0 amide bonds. The van der Waals surface area contributed by atoms with Crippen molar-refractivity contribution in [2.45, 2.75) is 6.42 Å². The number of rotatable bonds is 9. The molecule has 16 heavy (non-hydrogen) atoms. The molecule has 0 spiro atoms. The average Bonchev–Trinajstić information content (AvgIpc) is 2.25. The first kappa shape index (κ1) is 15.8. The third-order valence-electron chi connectivity index (χ3n) is 2.10. The Morgan fingerprint density at radius 3 is 2.00 bits per heavy atom. The molecule has 8 heteroatoms. The van der Waals surface area contributed by atoms with Gasteiger partial charge in [-0.2, -0.15) is 17.0 Å². The normalized spacial score (nSPS) is 12.6. The van der Waals surface area contributed by atoms with Crippen LogP contribution in [0.5, 0.6) is 0 Å². The molecule has 0 aliphatic carbocycles. The van der Waals surface area contributed by atoms with Crippen molar-refractivity contribution in [1.29, 1.82) is 0 Å². The smallest absolute Gasteiger partial charge is 0.281 e. The summed E-state index contributed by atoms with van der Waals surface area (Å²) in [5.41, 5.74) is 5.30. The van der Waals surface area contributed by atoms with Gasteiger partial charge >= 0.3 is 0 Å². The topological polar surface area (TPSA) is 107 Å². The van der Waals surface area contributed by atoms with Crippen molar-refractivity contribution < 1.29 is 18.6 Å². The number of hydrogen-bond donors (Lipinski definition) is 3. The molecule has 0 unspecified atom stereocenters. The number of aliphatic hydroxyl groups excluding tert-OH is 2. The lowest BCUT2D eigenvalue weighted by molar-refractivity contribution is 0.211. The average molecular weight is 255 g/mol. The molecular formula is C8H21N3O4S. The van der Waals surface area contributed by atoms with Crippen LogP contribution in [0.3, 0.4) is 0 Å². The highest BCUT2D eigenvalue weighted by Crippen LogP contribution is 2.05. The van der Waals surface area contributed by atoms with Crippen LogP contribution in [0, 0.1) is 0 Å². The lowest BCUT2D eigenvalue weighted by Gasteiger charge is -2.26. The summed E-state index contributed by atoms with van der Waals surface area (Å²) in [6.45, 7) is 0.158. The van der Waals surface area contributed by atoms with Crippen LogP contribution in [0.25, 0.3) is 0 Å². The Morgan fingerprint density at radius 2 is 1.62 bits per heavy atom. The second kappa shape index (κ2) is 7.93. The number of hydrogen-bond acceptors (Lipinski definition) is 5. The summed E-state index contributed by atoms with van der Waals surface area (Å²) >= 11 is 0. The Bertz CT molecular complexity index is 264. The van der Waals surface area contributed by atoms with E-state index in [4.69, 9.17) is 15.9 Å². The maximum absolute atomic E-state index is 11.9. The standard InChI is InChI=1S/C8H21N3O4S/c1-10(4-2-3-9)16(14,15)11(5-7-12)6-8-13/h12-13H,2-9H2,1H3. The van der Waals surface area contributed by atoms with E-state index in [1.807, 2.05) is 0 Å². The number of aliphatic hydroxyl groups is 2. The highest BCUT2D eigenvalue weighted by molar-refractivity contribution is 7.86. The Hall–Kier alpha value is -0.250. The fraction of sp³-hybridized carbons (Fsp3) is 1.00. The first-order chi connectivity index (χ1) is 7.50. The van der Waals surface area contributed by atoms with Gasteiger partial charge in [-0.05, 0) is 13.0 Å². The summed E-state index contributed by atoms with van der Waals surface area (Å²) < 4.78 is 26.0. The van der Waals surface area contributed by atoms with E-state index in [1.165, 1.54) is 11.4 Å². The van der Waals surface area contributed by atoms with Crippen LogP contribution in [-0.2, 0) is 10.2 Å². The van der Waals surface area contributed by atoms with Gasteiger partial charge in [0.05, 0.1) is 13.2 Å². The van der Waals surface area contributed by atoms with Crippen molar-refractivity contribution in [3.05, 3.63) is 0 Å². The molecule has 0 heterocycles. The third-order valence-corrected chi connectivity index (χ3v) is 4.08. The van der Waals surface area contributed by atoms with Crippen molar-refractivity contribution >= 4 is 10.2 Å². The van der Waals surface area contributed by atoms with Crippen molar-refractivity contribution in [2.75, 3.05) is 46.4 Å². The number of nitrogens with two attached hydrogens (primary N) is 1. The Morgan fingerprint density at radius 1 is 1.12 bits per heavy atom. The van der Waals surface area contributed by atoms with Crippen LogP contribution in [0.4, 0.5) is 0 Å². The molecule has 0 saturated heterocycles. The van der Waals surface area contributed by atoms with Crippen LogP contribution >= 0.6 is 0 Å². The van der Waals surface area contributed by atoms with Crippen molar-refractivity contribution in [3.63, 3.8) is 0 Å². The zero-order chi connectivity index (χ0) is 12.6. The maximum atomic E-state index is 11.9. The van der Waals surface area contributed by atoms with Gasteiger partial charge in [0, 0.05) is 26.7 Å². The van der Waals surface area contributed by atoms with Gasteiger partial charge in [-0.15, -0.1) is 0 Å². The van der Waals surface area contributed by atoms with Crippen molar-refractivity contribution in [3.8, 4) is 0 Å². The van der Waals surface area contributed by atoms with Gasteiger partial charge in [0.25, 0.3) is 10.2 Å². The fourth-order valence-electron chi connectivity index (χ4n) is 1.19. The highest BCUT2D eigenvalue weighted by atomic mass is 32.2. The zero-order valence-corrected chi connectivity index (χ0v) is 10.4. The molecule has 0 aliphatic heterocycles. The van der Waals surface area contributed by atoms with E-state index in [2.05, 4.69) is 0 Å². The molecule has 0 rings (SSSR count). The minimum Gasteiger partial charge on any atom is -0.395 e. The quantitative estimate of drug-likeness (QED) is 0.433. The molecule has 0 radical (unpaired) electrons. The monoisotopic (exact) mass is 255 g/mol. The molecule has 0 aromatic rings. The van der Waals surface area contributed by atoms with Gasteiger partial charge in [-0.3, -0.25) is 0 Å². The molecule has 0 fully saturated rings. The van der Waals surface area contributed by atoms with Gasteiger partial charge in [0.2, 0.25) is 0 Å². The molecule has 0 aromatic carbocycles. The lowest BCUT2D eigenvalue weighted by atomic mass is 10.4. The van der Waals surface area contributed by atoms with Gasteiger partial charge in [-0.1, -0.05) is 0 Å². The molecule has 7 nitrogen and oxygen atoms in total. The van der Waals surface area contributed by atoms with Crippen molar-refractivity contribution in [2.24, 2.45) is 5.73 Å². The van der Waals surface area contributed by atoms with E-state index in [0.29, 0.717) is 19.5 Å². The predicted molar refractivity (Wildman–Crippen MR) is 61.0 cm³/mol. The zero-order valence-electron chi connectivity index (χ0n) is 9.54. The molecule has 98 valence electrons. The Balaban J connectivity index is 4.56. The van der Waals surface area contributed by atoms with Crippen LogP contribution < -0.4 is 5.73 Å². The molecule has 0 aromatic heterocycles. The minimum absolute atomic E-state index is 0.0180. The fourth-order valence-corrected chi connectivity index (χ4v) is 2.57. The maximum Gasteiger partial charge on any atom is 0.281 e. The van der Waals surface area contributed by atoms with E-state index < -0.39 is 10.2 Å². The summed E-state index contributed by atoms with van der Waals surface area (Å²) in [6.07, 6.45) is 0.571. The summed E-state index contributed by atoms with van der Waals surface area (Å²) in [4.78, 5) is 0. The largest absolute Gasteiger partial charge is 0.395 e. The first-order valence-corrected chi connectivity index (χ1v) is 6.53. The van der Waals surface area contributed by atoms with E-state index in [9.17, 15) is 8.42 Å². The molecular weight excluding hydrogens is 234 g/mol. The van der Waals surface area contributed by atoms with Crippen LogP contribution in [0.15, 0.2) is 0 Å². The SMILES string of the molecule is CN(CCCN)S(=O)(=O)N(CCO)CCO. The van der Waals surface area contributed by atoms with E-state index in [0.717, 1.165) is 4.31 Å². The Labute approximate surface area is 96.6 Å². The van der Waals surface area contributed by atoms with E-state index in [-0.39, 0.29) is 26.3 Å². The summed E-state index contributed by atoms with van der Waals surface area (Å²) in [6, 6.07) is 0. The number of nitrogens with zero attached hydrogens (tertiary/aromatic N) is 2. The van der Waals surface area contributed by atoms with Crippen molar-refractivity contribution in [1.82, 2.24) is 8.61 Å². The highest BCUT2D eigenvalue weighted by Gasteiger charge is 2.25. The molecule has 0 saturated carbocycles. The minimum atomic E-state index is -3.61. The van der Waals surface area contributed by atoms with Gasteiger partial charge in [0.15, 0.2) is 0 Å². The van der Waals surface area contributed by atoms with Gasteiger partial charge < -0.3 is 15.9 Å². The predicted octanol–water partition coefficient (Wildman–Crippen LogP) is -2.20. The second-order valence-corrected chi connectivity index (χ2v) is 5.35. The Kier molecular flexibility index (Phi) is 7.81. The lowest BCUT2D eigenvalue weighted by Crippen LogP contribution is -2.45. The first-order valence-electron chi connectivity index (χ1n) is 5.14. The van der Waals surface area contributed by atoms with E-state index >= 15 is 0 Å². The molecule has 0 atom stereocenters. The van der Waals surface area contributed by atoms with E-state index in [1.54, 1.807) is 0 Å². The van der Waals surface area contributed by atoms with Gasteiger partial charge in [-0.25, -0.2) is 0 Å². The third kappa shape index (κ3) is 4.73. The van der Waals surface area contributed by atoms with Crippen LogP contribution in [0.1, 0.15) is 6.42 Å². The molecule has 4 N–H and O–H groups in total. The second-order valence-electron chi connectivity index (χ2n) is 3.32. The summed E-state index contributed by atoms with van der Waals surface area (Å²) in [5.74, 6) is 0. The molecule has 0 aliphatic rings. The van der Waals surface area contributed by atoms with Gasteiger partial charge in [0.1, 0.15) is 0 Å². The van der Waals surface area contributed by atoms with Crippen LogP contribution in [-0.4, -0.2) is 73.7 Å². The summed E-state index contributed by atoms with van der Waals surface area (Å²) in [5, 5.41) is 17.5. The van der Waals surface area contributed by atoms with Crippen LogP contribution in [0.2, 0.25) is 0 Å². The molecule has 0 bridgehead atoms. The summed E-state index contributed by atoms with van der Waals surface area (Å²) in [7, 11) is -2.16.